The molecule has 1 rings (SSSR count). The van der Waals surface area contributed by atoms with Crippen LogP contribution in [-0.4, -0.2) is 22.1 Å². The second-order valence-corrected chi connectivity index (χ2v) is 3.29. The molecule has 14 heavy (non-hydrogen) atoms. The number of hydrogen-bond donors (Lipinski definition) is 2. The average molecular weight is 194 g/mol. The summed E-state index contributed by atoms with van der Waals surface area (Å²) in [4.78, 5) is 14.5. The largest absolute Gasteiger partial charge is 0.480 e. The van der Waals surface area contributed by atoms with Gasteiger partial charge in [0.25, 0.3) is 0 Å². The van der Waals surface area contributed by atoms with Crippen molar-refractivity contribution in [3.05, 3.63) is 29.6 Å². The van der Waals surface area contributed by atoms with Crippen molar-refractivity contribution in [2.24, 2.45) is 5.73 Å². The molecule has 3 N–H and O–H groups in total. The van der Waals surface area contributed by atoms with Gasteiger partial charge in [-0.1, -0.05) is 0 Å². The van der Waals surface area contributed by atoms with Gasteiger partial charge in [-0.2, -0.15) is 0 Å². The molecule has 0 saturated carbocycles. The number of aliphatic carboxylic acids is 1. The van der Waals surface area contributed by atoms with Crippen molar-refractivity contribution in [3.8, 4) is 0 Å². The maximum Gasteiger partial charge on any atom is 0.320 e. The first-order chi connectivity index (χ1) is 6.59. The summed E-state index contributed by atoms with van der Waals surface area (Å²) in [6.07, 6.45) is 2.85. The Balaban J connectivity index is 2.49. The molecule has 0 saturated heterocycles. The lowest BCUT2D eigenvalue weighted by Gasteiger charge is -2.06. The molecule has 1 aromatic heterocycles. The molecular formula is C10H14N2O2. The molecule has 0 aliphatic heterocycles. The molecule has 0 spiro atoms. The normalized spacial score (nSPS) is 12.4. The van der Waals surface area contributed by atoms with E-state index in [1.165, 1.54) is 0 Å². The lowest BCUT2D eigenvalue weighted by Crippen LogP contribution is -2.30. The van der Waals surface area contributed by atoms with Gasteiger partial charge in [0.2, 0.25) is 0 Å². The molecule has 0 aliphatic carbocycles. The topological polar surface area (TPSA) is 76.2 Å². The average Bonchev–Trinajstić information content (AvgIpc) is 2.14. The molecule has 76 valence electrons. The van der Waals surface area contributed by atoms with E-state index in [-0.39, 0.29) is 0 Å². The fraction of sp³-hybridized carbons (Fsp3) is 0.400. The van der Waals surface area contributed by atoms with Crippen LogP contribution in [0.3, 0.4) is 0 Å². The number of carbonyl (C=O) groups is 1. The Morgan fingerprint density at radius 1 is 1.71 bits per heavy atom. The minimum atomic E-state index is -0.948. The van der Waals surface area contributed by atoms with E-state index in [4.69, 9.17) is 10.8 Å². The minimum absolute atomic E-state index is 0.457. The zero-order valence-corrected chi connectivity index (χ0v) is 8.10. The number of hydrogen-bond acceptors (Lipinski definition) is 3. The van der Waals surface area contributed by atoms with E-state index >= 15 is 0 Å². The van der Waals surface area contributed by atoms with Crippen LogP contribution >= 0.6 is 0 Å². The molecule has 0 aliphatic rings. The first-order valence-electron chi connectivity index (χ1n) is 4.49. The van der Waals surface area contributed by atoms with Gasteiger partial charge in [0.05, 0.1) is 0 Å². The number of carboxylic acids is 1. The lowest BCUT2D eigenvalue weighted by molar-refractivity contribution is -0.138. The minimum Gasteiger partial charge on any atom is -0.480 e. The molecule has 1 atom stereocenters. The van der Waals surface area contributed by atoms with Crippen LogP contribution in [0.1, 0.15) is 17.7 Å². The van der Waals surface area contributed by atoms with Gasteiger partial charge in [0.15, 0.2) is 0 Å². The monoisotopic (exact) mass is 194 g/mol. The Morgan fingerprint density at radius 3 is 3.00 bits per heavy atom. The van der Waals surface area contributed by atoms with Crippen molar-refractivity contribution in [1.29, 1.82) is 0 Å². The van der Waals surface area contributed by atoms with Gasteiger partial charge in [0, 0.05) is 11.9 Å². The van der Waals surface area contributed by atoms with Gasteiger partial charge in [-0.25, -0.2) is 0 Å². The van der Waals surface area contributed by atoms with E-state index in [2.05, 4.69) is 4.98 Å². The second-order valence-electron chi connectivity index (χ2n) is 3.29. The Morgan fingerprint density at radius 2 is 2.43 bits per heavy atom. The summed E-state index contributed by atoms with van der Waals surface area (Å²) >= 11 is 0. The summed E-state index contributed by atoms with van der Waals surface area (Å²) in [7, 11) is 0. The summed E-state index contributed by atoms with van der Waals surface area (Å²) in [5.74, 6) is -0.948. The van der Waals surface area contributed by atoms with Crippen LogP contribution in [0.4, 0.5) is 0 Å². The van der Waals surface area contributed by atoms with Gasteiger partial charge >= 0.3 is 5.97 Å². The molecule has 0 unspecified atom stereocenters. The van der Waals surface area contributed by atoms with E-state index in [1.54, 1.807) is 6.20 Å². The smallest absolute Gasteiger partial charge is 0.320 e. The van der Waals surface area contributed by atoms with E-state index in [0.717, 1.165) is 11.3 Å². The van der Waals surface area contributed by atoms with Crippen LogP contribution in [0.25, 0.3) is 0 Å². The Kier molecular flexibility index (Phi) is 3.59. The van der Waals surface area contributed by atoms with Crippen molar-refractivity contribution in [1.82, 2.24) is 4.98 Å². The molecule has 0 fully saturated rings. The molecule has 4 nitrogen and oxygen atoms in total. The number of carboxylic acid groups (broad SMARTS) is 1. The molecule has 4 heteroatoms. The van der Waals surface area contributed by atoms with E-state index in [1.807, 2.05) is 19.1 Å². The van der Waals surface area contributed by atoms with Crippen molar-refractivity contribution in [2.45, 2.75) is 25.8 Å². The zero-order valence-electron chi connectivity index (χ0n) is 8.10. The van der Waals surface area contributed by atoms with Crippen molar-refractivity contribution < 1.29 is 9.90 Å². The summed E-state index contributed by atoms with van der Waals surface area (Å²) in [5.41, 5.74) is 7.40. The number of nitrogens with two attached hydrogens (primary N) is 1. The zero-order chi connectivity index (χ0) is 10.6. The van der Waals surface area contributed by atoms with Crippen LogP contribution in [0.15, 0.2) is 18.3 Å². The predicted octanol–water partition coefficient (Wildman–Crippen LogP) is 0.735. The van der Waals surface area contributed by atoms with Crippen LogP contribution in [-0.2, 0) is 11.2 Å². The quantitative estimate of drug-likeness (QED) is 0.741. The number of nitrogens with zero attached hydrogens (tertiary/aromatic N) is 1. The van der Waals surface area contributed by atoms with Gasteiger partial charge in [-0.05, 0) is 37.5 Å². The highest BCUT2D eigenvalue weighted by Crippen LogP contribution is 2.05. The summed E-state index contributed by atoms with van der Waals surface area (Å²) in [5, 5.41) is 8.58. The molecule has 0 amide bonds. The highest BCUT2D eigenvalue weighted by molar-refractivity contribution is 5.73. The van der Waals surface area contributed by atoms with Gasteiger partial charge in [-0.3, -0.25) is 9.78 Å². The van der Waals surface area contributed by atoms with Crippen LogP contribution in [0.2, 0.25) is 0 Å². The maximum atomic E-state index is 10.5. The highest BCUT2D eigenvalue weighted by Gasteiger charge is 2.10. The molecule has 1 aromatic rings. The summed E-state index contributed by atoms with van der Waals surface area (Å²) in [6, 6.07) is 3.04. The van der Waals surface area contributed by atoms with Gasteiger partial charge in [0.1, 0.15) is 6.04 Å². The van der Waals surface area contributed by atoms with Crippen LogP contribution in [0.5, 0.6) is 0 Å². The fourth-order valence-electron chi connectivity index (χ4n) is 1.21. The number of aromatic nitrogens is 1. The summed E-state index contributed by atoms with van der Waals surface area (Å²) < 4.78 is 0. The Bertz CT molecular complexity index is 326. The highest BCUT2D eigenvalue weighted by atomic mass is 16.4. The van der Waals surface area contributed by atoms with Crippen molar-refractivity contribution in [3.63, 3.8) is 0 Å². The van der Waals surface area contributed by atoms with Gasteiger partial charge < -0.3 is 10.8 Å². The van der Waals surface area contributed by atoms with Crippen LogP contribution < -0.4 is 5.73 Å². The first kappa shape index (κ1) is 10.7. The van der Waals surface area contributed by atoms with Gasteiger partial charge in [-0.15, -0.1) is 0 Å². The molecule has 1 heterocycles. The third-order valence-corrected chi connectivity index (χ3v) is 2.02. The van der Waals surface area contributed by atoms with E-state index < -0.39 is 12.0 Å². The lowest BCUT2D eigenvalue weighted by atomic mass is 10.1. The predicted molar refractivity (Wildman–Crippen MR) is 52.9 cm³/mol. The number of aryl methyl sites for hydroxylation is 2. The van der Waals surface area contributed by atoms with E-state index in [9.17, 15) is 4.79 Å². The fourth-order valence-corrected chi connectivity index (χ4v) is 1.21. The Labute approximate surface area is 82.8 Å². The molecule has 0 aromatic carbocycles. The number of pyridine rings is 1. The third kappa shape index (κ3) is 3.14. The third-order valence-electron chi connectivity index (χ3n) is 2.02. The van der Waals surface area contributed by atoms with Crippen molar-refractivity contribution >= 4 is 5.97 Å². The summed E-state index contributed by atoms with van der Waals surface area (Å²) in [6.45, 7) is 1.90. The Hall–Kier alpha value is -1.42. The van der Waals surface area contributed by atoms with Crippen LogP contribution in [0, 0.1) is 6.92 Å². The molecular weight excluding hydrogens is 180 g/mol. The van der Waals surface area contributed by atoms with E-state index in [0.29, 0.717) is 12.8 Å². The second kappa shape index (κ2) is 4.72. The number of rotatable bonds is 4. The SMILES string of the molecule is Cc1cc(CC[C@H](N)C(=O)O)ccn1. The molecule has 0 bridgehead atoms. The van der Waals surface area contributed by atoms with Crippen molar-refractivity contribution in [2.75, 3.05) is 0 Å². The standard InChI is InChI=1S/C10H14N2O2/c1-7-6-8(4-5-12-7)2-3-9(11)10(13)14/h4-6,9H,2-3,11H2,1H3,(H,13,14)/t9-/m0/s1. The first-order valence-corrected chi connectivity index (χ1v) is 4.49. The maximum absolute atomic E-state index is 10.5. The molecule has 0 radical (unpaired) electrons.